The highest BCUT2D eigenvalue weighted by atomic mass is 16.2. The molecule has 2 amide bonds. The highest BCUT2D eigenvalue weighted by molar-refractivity contribution is 6.07. The average Bonchev–Trinajstić information content (AvgIpc) is 3.06. The number of nitrogens with one attached hydrogen (secondary N) is 2. The second kappa shape index (κ2) is 7.34. The fraction of sp³-hybridized carbons (Fsp3) is 0.368. The molecule has 146 valence electrons. The van der Waals surface area contributed by atoms with Gasteiger partial charge in [0.25, 0.3) is 11.8 Å². The summed E-state index contributed by atoms with van der Waals surface area (Å²) >= 11 is 0. The van der Waals surface area contributed by atoms with E-state index in [0.29, 0.717) is 12.1 Å². The molecule has 0 aliphatic carbocycles. The molecule has 0 fully saturated rings. The highest BCUT2D eigenvalue weighted by Crippen LogP contribution is 2.19. The molecule has 3 heterocycles. The predicted octanol–water partition coefficient (Wildman–Crippen LogP) is 0.724. The number of amides is 2. The van der Waals surface area contributed by atoms with Gasteiger partial charge in [0.1, 0.15) is 12.4 Å². The second-order valence-corrected chi connectivity index (χ2v) is 6.99. The van der Waals surface area contributed by atoms with Crippen LogP contribution in [-0.2, 0) is 31.4 Å². The Kier molecular flexibility index (Phi) is 4.72. The Morgan fingerprint density at radius 1 is 1.14 bits per heavy atom. The van der Waals surface area contributed by atoms with Gasteiger partial charge in [-0.3, -0.25) is 25.0 Å². The van der Waals surface area contributed by atoms with E-state index in [0.717, 1.165) is 47.1 Å². The molecule has 0 spiro atoms. The van der Waals surface area contributed by atoms with Crippen molar-refractivity contribution in [3.05, 3.63) is 52.3 Å². The van der Waals surface area contributed by atoms with Gasteiger partial charge in [0.2, 0.25) is 0 Å². The Labute approximate surface area is 160 Å². The van der Waals surface area contributed by atoms with Crippen LogP contribution in [0.3, 0.4) is 0 Å². The number of fused-ring (bicyclic) bond motifs is 2. The minimum atomic E-state index is -0.510. The van der Waals surface area contributed by atoms with Gasteiger partial charge >= 0.3 is 5.69 Å². The summed E-state index contributed by atoms with van der Waals surface area (Å²) in [7, 11) is 1.85. The molecule has 2 N–H and O–H groups in total. The zero-order chi connectivity index (χ0) is 19.7. The van der Waals surface area contributed by atoms with E-state index in [2.05, 4.69) is 16.0 Å². The third-order valence-electron chi connectivity index (χ3n) is 5.03. The highest BCUT2D eigenvalue weighted by Gasteiger charge is 2.18. The van der Waals surface area contributed by atoms with E-state index in [1.807, 2.05) is 35.9 Å². The van der Waals surface area contributed by atoms with E-state index in [1.165, 1.54) is 0 Å². The van der Waals surface area contributed by atoms with E-state index >= 15 is 0 Å². The van der Waals surface area contributed by atoms with E-state index in [-0.39, 0.29) is 12.2 Å². The molecule has 9 nitrogen and oxygen atoms in total. The number of benzene rings is 1. The Morgan fingerprint density at radius 3 is 2.82 bits per heavy atom. The van der Waals surface area contributed by atoms with Crippen molar-refractivity contribution in [1.29, 1.82) is 0 Å². The first-order valence-electron chi connectivity index (χ1n) is 9.34. The van der Waals surface area contributed by atoms with Crippen LogP contribution in [0.25, 0.3) is 10.9 Å². The molecule has 9 heteroatoms. The maximum atomic E-state index is 12.5. The number of nitrogens with zero attached hydrogens (tertiary/aromatic N) is 4. The molecular formula is C19H22N6O3. The lowest BCUT2D eigenvalue weighted by molar-refractivity contribution is -0.122. The van der Waals surface area contributed by atoms with Gasteiger partial charge in [-0.25, -0.2) is 9.48 Å². The number of rotatable bonds is 3. The van der Waals surface area contributed by atoms with Crippen LogP contribution < -0.4 is 16.5 Å². The summed E-state index contributed by atoms with van der Waals surface area (Å²) in [5.74, 6) is -0.211. The third-order valence-corrected chi connectivity index (χ3v) is 5.03. The van der Waals surface area contributed by atoms with Crippen molar-refractivity contribution in [1.82, 2.24) is 29.8 Å². The molecule has 0 saturated carbocycles. The van der Waals surface area contributed by atoms with E-state index < -0.39 is 11.8 Å². The van der Waals surface area contributed by atoms with Gasteiger partial charge in [0, 0.05) is 37.1 Å². The van der Waals surface area contributed by atoms with E-state index in [1.54, 1.807) is 10.8 Å². The first-order valence-corrected chi connectivity index (χ1v) is 9.34. The normalized spacial score (nSPS) is 13.8. The van der Waals surface area contributed by atoms with Crippen molar-refractivity contribution in [2.24, 2.45) is 7.05 Å². The summed E-state index contributed by atoms with van der Waals surface area (Å²) in [5.41, 5.74) is 5.88. The van der Waals surface area contributed by atoms with Gasteiger partial charge < -0.3 is 4.57 Å². The third kappa shape index (κ3) is 3.30. The maximum Gasteiger partial charge on any atom is 0.346 e. The number of hydrogen-bond donors (Lipinski definition) is 2. The largest absolute Gasteiger partial charge is 0.350 e. The molecular weight excluding hydrogens is 360 g/mol. The van der Waals surface area contributed by atoms with Crippen LogP contribution >= 0.6 is 0 Å². The van der Waals surface area contributed by atoms with E-state index in [4.69, 9.17) is 0 Å². The number of hydrazine groups is 1. The Bertz CT molecular complexity index is 1110. The van der Waals surface area contributed by atoms with Gasteiger partial charge in [-0.2, -0.15) is 5.10 Å². The summed E-state index contributed by atoms with van der Waals surface area (Å²) in [5, 5.41) is 5.07. The van der Waals surface area contributed by atoms with Crippen molar-refractivity contribution in [3.8, 4) is 0 Å². The quantitative estimate of drug-likeness (QED) is 0.652. The van der Waals surface area contributed by atoms with Gasteiger partial charge in [-0.1, -0.05) is 24.6 Å². The molecule has 1 aliphatic heterocycles. The lowest BCUT2D eigenvalue weighted by Gasteiger charge is -2.06. The topological polar surface area (TPSA) is 103 Å². The molecule has 2 aromatic heterocycles. The molecule has 1 aliphatic rings. The predicted molar refractivity (Wildman–Crippen MR) is 103 cm³/mol. The molecule has 0 atom stereocenters. The summed E-state index contributed by atoms with van der Waals surface area (Å²) in [6.45, 7) is 0.391. The van der Waals surface area contributed by atoms with E-state index in [9.17, 15) is 14.4 Å². The Balaban J connectivity index is 1.42. The minimum Gasteiger partial charge on any atom is -0.350 e. The summed E-state index contributed by atoms with van der Waals surface area (Å²) in [6, 6.07) is 7.52. The Morgan fingerprint density at radius 2 is 1.96 bits per heavy atom. The summed E-state index contributed by atoms with van der Waals surface area (Å²) < 4.78 is 4.64. The smallest absolute Gasteiger partial charge is 0.346 e. The molecule has 4 rings (SSSR count). The SMILES string of the molecule is Cn1cc(C(=O)NNC(=O)Cn2nc3n(c2=O)CCCCC3)c2ccccc21. The van der Waals surface area contributed by atoms with Crippen LogP contribution in [0.1, 0.15) is 35.4 Å². The molecule has 28 heavy (non-hydrogen) atoms. The molecule has 3 aromatic rings. The van der Waals surface area contributed by atoms with Crippen molar-refractivity contribution < 1.29 is 9.59 Å². The molecule has 0 bridgehead atoms. The summed E-state index contributed by atoms with van der Waals surface area (Å²) in [6.07, 6.45) is 5.45. The molecule has 0 radical (unpaired) electrons. The standard InChI is InChI=1S/C19H22N6O3/c1-23-11-14(13-7-4-5-8-15(13)23)18(27)21-20-17(26)12-25-19(28)24-10-6-2-3-9-16(24)22-25/h4-5,7-8,11H,2-3,6,9-10,12H2,1H3,(H,20,26)(H,21,27). The lowest BCUT2D eigenvalue weighted by atomic mass is 10.2. The number of para-hydroxylation sites is 1. The van der Waals surface area contributed by atoms with Crippen molar-refractivity contribution in [2.45, 2.75) is 38.8 Å². The zero-order valence-electron chi connectivity index (χ0n) is 15.6. The van der Waals surface area contributed by atoms with Crippen LogP contribution in [0, 0.1) is 0 Å². The molecule has 0 unspecified atom stereocenters. The van der Waals surface area contributed by atoms with Crippen molar-refractivity contribution in [2.75, 3.05) is 0 Å². The number of aryl methyl sites for hydroxylation is 2. The van der Waals surface area contributed by atoms with Crippen LogP contribution in [-0.4, -0.2) is 30.7 Å². The van der Waals surface area contributed by atoms with Crippen LogP contribution in [0.2, 0.25) is 0 Å². The van der Waals surface area contributed by atoms with Crippen LogP contribution in [0.15, 0.2) is 35.3 Å². The first-order chi connectivity index (χ1) is 13.5. The second-order valence-electron chi connectivity index (χ2n) is 6.99. The van der Waals surface area contributed by atoms with Gasteiger partial charge in [0.05, 0.1) is 5.56 Å². The van der Waals surface area contributed by atoms with Gasteiger partial charge in [-0.15, -0.1) is 0 Å². The zero-order valence-corrected chi connectivity index (χ0v) is 15.6. The van der Waals surface area contributed by atoms with Crippen LogP contribution in [0.4, 0.5) is 0 Å². The fourth-order valence-corrected chi connectivity index (χ4v) is 3.62. The average molecular weight is 382 g/mol. The number of carbonyl (C=O) groups is 2. The van der Waals surface area contributed by atoms with Gasteiger partial charge in [-0.05, 0) is 18.9 Å². The monoisotopic (exact) mass is 382 g/mol. The molecule has 1 aromatic carbocycles. The number of hydrogen-bond acceptors (Lipinski definition) is 4. The number of carbonyl (C=O) groups excluding carboxylic acids is 2. The van der Waals surface area contributed by atoms with Crippen molar-refractivity contribution >= 4 is 22.7 Å². The maximum absolute atomic E-state index is 12.5. The molecule has 0 saturated heterocycles. The Hall–Kier alpha value is -3.36. The van der Waals surface area contributed by atoms with Crippen molar-refractivity contribution in [3.63, 3.8) is 0 Å². The van der Waals surface area contributed by atoms with Gasteiger partial charge in [0.15, 0.2) is 0 Å². The summed E-state index contributed by atoms with van der Waals surface area (Å²) in [4.78, 5) is 37.1. The fourth-order valence-electron chi connectivity index (χ4n) is 3.62. The first kappa shape index (κ1) is 18.0. The number of aromatic nitrogens is 4. The van der Waals surface area contributed by atoms with Crippen LogP contribution in [0.5, 0.6) is 0 Å². The lowest BCUT2D eigenvalue weighted by Crippen LogP contribution is -2.44. The minimum absolute atomic E-state index is 0.241.